The molecule has 1 aliphatic rings. The van der Waals surface area contributed by atoms with Crippen molar-refractivity contribution in [3.05, 3.63) is 23.8 Å². The molecule has 0 saturated carbocycles. The Labute approximate surface area is 139 Å². The maximum Gasteiger partial charge on any atom is 0.142 e. The van der Waals surface area contributed by atoms with Crippen LogP contribution in [0.1, 0.15) is 18.9 Å². The van der Waals surface area contributed by atoms with E-state index in [2.05, 4.69) is 35.3 Å². The van der Waals surface area contributed by atoms with E-state index in [1.54, 1.807) is 14.2 Å². The summed E-state index contributed by atoms with van der Waals surface area (Å²) in [7, 11) is 3.51. The van der Waals surface area contributed by atoms with Crippen LogP contribution in [0.5, 0.6) is 5.75 Å². The van der Waals surface area contributed by atoms with Crippen LogP contribution in [0.15, 0.2) is 18.2 Å². The number of nitrogens with zero attached hydrogens (tertiary/aromatic N) is 1. The van der Waals surface area contributed by atoms with E-state index >= 15 is 0 Å². The Morgan fingerprint density at radius 1 is 1.22 bits per heavy atom. The lowest BCUT2D eigenvalue weighted by Crippen LogP contribution is -2.40. The Kier molecular flexibility index (Phi) is 7.65. The van der Waals surface area contributed by atoms with Gasteiger partial charge in [-0.15, -0.1) is 0 Å². The third-order valence-electron chi connectivity index (χ3n) is 4.34. The third-order valence-corrected chi connectivity index (χ3v) is 4.34. The van der Waals surface area contributed by atoms with Crippen LogP contribution in [0.3, 0.4) is 0 Å². The zero-order chi connectivity index (χ0) is 16.5. The largest absolute Gasteiger partial charge is 0.490 e. The predicted octanol–water partition coefficient (Wildman–Crippen LogP) is 2.41. The van der Waals surface area contributed by atoms with Crippen LogP contribution in [0.2, 0.25) is 0 Å². The second-order valence-corrected chi connectivity index (χ2v) is 5.89. The summed E-state index contributed by atoms with van der Waals surface area (Å²) in [4.78, 5) is 2.47. The molecule has 1 unspecified atom stereocenters. The fourth-order valence-electron chi connectivity index (χ4n) is 3.01. The minimum atomic E-state index is 0.489. The molecular formula is C18H30N2O3. The van der Waals surface area contributed by atoms with Crippen LogP contribution in [-0.2, 0) is 15.9 Å². The second-order valence-electron chi connectivity index (χ2n) is 5.89. The first kappa shape index (κ1) is 18.0. The molecule has 5 nitrogen and oxygen atoms in total. The van der Waals surface area contributed by atoms with Crippen molar-refractivity contribution in [2.45, 2.75) is 25.8 Å². The molecule has 0 saturated heterocycles. The number of rotatable bonds is 10. The van der Waals surface area contributed by atoms with Crippen molar-refractivity contribution in [1.82, 2.24) is 4.90 Å². The molecule has 1 aliphatic heterocycles. The topological polar surface area (TPSA) is 43.0 Å². The van der Waals surface area contributed by atoms with Crippen molar-refractivity contribution >= 4 is 5.69 Å². The molecule has 1 aromatic rings. The number of hydrogen-bond donors (Lipinski definition) is 1. The fourth-order valence-corrected chi connectivity index (χ4v) is 3.01. The number of benzene rings is 1. The summed E-state index contributed by atoms with van der Waals surface area (Å²) in [6, 6.07) is 6.97. The molecule has 1 atom stereocenters. The average Bonchev–Trinajstić information content (AvgIpc) is 2.60. The van der Waals surface area contributed by atoms with E-state index in [9.17, 15) is 0 Å². The molecule has 0 radical (unpaired) electrons. The van der Waals surface area contributed by atoms with Crippen LogP contribution in [0, 0.1) is 0 Å². The van der Waals surface area contributed by atoms with Crippen molar-refractivity contribution in [2.24, 2.45) is 0 Å². The van der Waals surface area contributed by atoms with Gasteiger partial charge in [-0.2, -0.15) is 0 Å². The van der Waals surface area contributed by atoms with Gasteiger partial charge in [0.15, 0.2) is 0 Å². The number of anilines is 1. The molecule has 0 aromatic heterocycles. The normalized spacial score (nSPS) is 15.0. The predicted molar refractivity (Wildman–Crippen MR) is 93.5 cm³/mol. The summed E-state index contributed by atoms with van der Waals surface area (Å²) >= 11 is 0. The summed E-state index contributed by atoms with van der Waals surface area (Å²) < 4.78 is 16.2. The van der Waals surface area contributed by atoms with E-state index < -0.39 is 0 Å². The molecular weight excluding hydrogens is 292 g/mol. The van der Waals surface area contributed by atoms with E-state index in [4.69, 9.17) is 14.2 Å². The van der Waals surface area contributed by atoms with Crippen LogP contribution >= 0.6 is 0 Å². The quantitative estimate of drug-likeness (QED) is 0.716. The lowest BCUT2D eigenvalue weighted by Gasteiger charge is -2.31. The first-order valence-corrected chi connectivity index (χ1v) is 8.50. The molecule has 0 fully saturated rings. The van der Waals surface area contributed by atoms with Gasteiger partial charge in [0.25, 0.3) is 0 Å². The van der Waals surface area contributed by atoms with Gasteiger partial charge in [0.1, 0.15) is 12.4 Å². The SMILES string of the molecule is CCC(Cc1ccc2c(c1)NCCO2)N(CCOC)CCOC. The van der Waals surface area contributed by atoms with Crippen LogP contribution in [0.25, 0.3) is 0 Å². The molecule has 1 aromatic carbocycles. The van der Waals surface area contributed by atoms with E-state index in [1.807, 2.05) is 0 Å². The van der Waals surface area contributed by atoms with Gasteiger partial charge in [-0.25, -0.2) is 0 Å². The first-order valence-electron chi connectivity index (χ1n) is 8.50. The smallest absolute Gasteiger partial charge is 0.142 e. The first-order chi connectivity index (χ1) is 11.3. The van der Waals surface area contributed by atoms with E-state index in [0.717, 1.165) is 63.7 Å². The molecule has 5 heteroatoms. The lowest BCUT2D eigenvalue weighted by atomic mass is 10.0. The molecule has 0 amide bonds. The summed E-state index contributed by atoms with van der Waals surface area (Å²) in [6.07, 6.45) is 2.13. The van der Waals surface area contributed by atoms with Crippen LogP contribution in [-0.4, -0.2) is 64.6 Å². The highest BCUT2D eigenvalue weighted by molar-refractivity contribution is 5.59. The summed E-state index contributed by atoms with van der Waals surface area (Å²) in [5.41, 5.74) is 2.46. The van der Waals surface area contributed by atoms with Gasteiger partial charge in [-0.1, -0.05) is 13.0 Å². The van der Waals surface area contributed by atoms with Crippen molar-refractivity contribution in [2.75, 3.05) is 59.0 Å². The number of nitrogens with one attached hydrogen (secondary N) is 1. The highest BCUT2D eigenvalue weighted by Crippen LogP contribution is 2.29. The highest BCUT2D eigenvalue weighted by atomic mass is 16.5. The average molecular weight is 322 g/mol. The van der Waals surface area contributed by atoms with E-state index in [-0.39, 0.29) is 0 Å². The second kappa shape index (κ2) is 9.75. The maximum atomic E-state index is 5.66. The van der Waals surface area contributed by atoms with Crippen LogP contribution in [0.4, 0.5) is 5.69 Å². The zero-order valence-electron chi connectivity index (χ0n) is 14.6. The monoisotopic (exact) mass is 322 g/mol. The molecule has 0 aliphatic carbocycles. The molecule has 1 heterocycles. The van der Waals surface area contributed by atoms with Gasteiger partial charge < -0.3 is 19.5 Å². The van der Waals surface area contributed by atoms with Crippen molar-refractivity contribution < 1.29 is 14.2 Å². The number of fused-ring (bicyclic) bond motifs is 1. The van der Waals surface area contributed by atoms with Gasteiger partial charge in [-0.3, -0.25) is 4.90 Å². The molecule has 23 heavy (non-hydrogen) atoms. The fraction of sp³-hybridized carbons (Fsp3) is 0.667. The molecule has 0 spiro atoms. The van der Waals surface area contributed by atoms with Gasteiger partial charge >= 0.3 is 0 Å². The molecule has 1 N–H and O–H groups in total. The van der Waals surface area contributed by atoms with Crippen molar-refractivity contribution in [3.63, 3.8) is 0 Å². The Bertz CT molecular complexity index is 460. The Hall–Kier alpha value is -1.30. The Morgan fingerprint density at radius 3 is 2.61 bits per heavy atom. The van der Waals surface area contributed by atoms with Gasteiger partial charge in [0.05, 0.1) is 18.9 Å². The lowest BCUT2D eigenvalue weighted by molar-refractivity contribution is 0.0855. The highest BCUT2D eigenvalue weighted by Gasteiger charge is 2.18. The maximum absolute atomic E-state index is 5.66. The van der Waals surface area contributed by atoms with Crippen molar-refractivity contribution in [1.29, 1.82) is 0 Å². The number of ether oxygens (including phenoxy) is 3. The van der Waals surface area contributed by atoms with Gasteiger partial charge in [0.2, 0.25) is 0 Å². The minimum absolute atomic E-state index is 0.489. The molecule has 2 rings (SSSR count). The summed E-state index contributed by atoms with van der Waals surface area (Å²) in [5.74, 6) is 0.962. The van der Waals surface area contributed by atoms with E-state index in [1.165, 1.54) is 5.56 Å². The van der Waals surface area contributed by atoms with Gasteiger partial charge in [-0.05, 0) is 30.5 Å². The minimum Gasteiger partial charge on any atom is -0.490 e. The standard InChI is InChI=1S/C18H30N2O3/c1-4-16(20(8-11-21-2)9-12-22-3)13-15-5-6-18-17(14-15)19-7-10-23-18/h5-6,14,16,19H,4,7-13H2,1-3H3. The number of hydrogen-bond acceptors (Lipinski definition) is 5. The van der Waals surface area contributed by atoms with Crippen molar-refractivity contribution in [3.8, 4) is 5.75 Å². The zero-order valence-corrected chi connectivity index (χ0v) is 14.6. The Morgan fingerprint density at radius 2 is 1.96 bits per heavy atom. The summed E-state index contributed by atoms with van der Waals surface area (Å²) in [6.45, 7) is 7.24. The van der Waals surface area contributed by atoms with Crippen LogP contribution < -0.4 is 10.1 Å². The Balaban J connectivity index is 2.03. The summed E-state index contributed by atoms with van der Waals surface area (Å²) in [5, 5.41) is 3.41. The number of methoxy groups -OCH3 is 2. The molecule has 0 bridgehead atoms. The molecule has 130 valence electrons. The third kappa shape index (κ3) is 5.37. The van der Waals surface area contributed by atoms with Gasteiger partial charge in [0, 0.05) is 39.9 Å². The van der Waals surface area contributed by atoms with E-state index in [0.29, 0.717) is 6.04 Å².